The Kier molecular flexibility index (Phi) is 10.4. The van der Waals surface area contributed by atoms with E-state index in [1.807, 2.05) is 13.8 Å². The number of nitrogens with one attached hydrogen (secondary N) is 1. The van der Waals surface area contributed by atoms with E-state index < -0.39 is 40.2 Å². The third-order valence-electron chi connectivity index (χ3n) is 6.04. The molecule has 0 fully saturated rings. The van der Waals surface area contributed by atoms with Gasteiger partial charge < -0.3 is 10.2 Å². The molecule has 0 heterocycles. The van der Waals surface area contributed by atoms with Crippen LogP contribution in [0.3, 0.4) is 0 Å². The number of hydrogen-bond acceptors (Lipinski definition) is 4. The highest BCUT2D eigenvalue weighted by Crippen LogP contribution is 2.30. The van der Waals surface area contributed by atoms with Gasteiger partial charge in [-0.3, -0.25) is 13.9 Å². The summed E-state index contributed by atoms with van der Waals surface area (Å²) in [6.07, 6.45) is 0.678. The van der Waals surface area contributed by atoms with Crippen LogP contribution in [0.5, 0.6) is 0 Å². The molecule has 2 amide bonds. The van der Waals surface area contributed by atoms with Gasteiger partial charge in [-0.2, -0.15) is 0 Å². The largest absolute Gasteiger partial charge is 0.354 e. The first-order chi connectivity index (χ1) is 18.4. The van der Waals surface area contributed by atoms with Gasteiger partial charge in [-0.05, 0) is 56.7 Å². The van der Waals surface area contributed by atoms with Crippen molar-refractivity contribution in [3.63, 3.8) is 0 Å². The standard InChI is InChI=1S/C28H30Cl2FN3O4S/c1-4-13-32-28(36)20(3)33(17-21-7-5-6-8-26(21)31)27(35)18-34(24-15-22(29)14-23(30)16-24)39(37,38)25-11-9-19(2)10-12-25/h5-12,14-16,20H,4,13,17-18H2,1-3H3,(H,32,36). The van der Waals surface area contributed by atoms with E-state index in [-0.39, 0.29) is 32.7 Å². The van der Waals surface area contributed by atoms with E-state index in [0.29, 0.717) is 13.0 Å². The highest BCUT2D eigenvalue weighted by molar-refractivity contribution is 7.92. The summed E-state index contributed by atoms with van der Waals surface area (Å²) in [4.78, 5) is 27.8. The first kappa shape index (κ1) is 30.4. The summed E-state index contributed by atoms with van der Waals surface area (Å²) in [6, 6.07) is 15.2. The Morgan fingerprint density at radius 3 is 2.21 bits per heavy atom. The Morgan fingerprint density at radius 1 is 1.00 bits per heavy atom. The van der Waals surface area contributed by atoms with E-state index in [1.165, 1.54) is 55.5 Å². The summed E-state index contributed by atoms with van der Waals surface area (Å²) in [7, 11) is -4.28. The topological polar surface area (TPSA) is 86.8 Å². The van der Waals surface area contributed by atoms with Crippen molar-refractivity contribution in [2.45, 2.75) is 44.7 Å². The molecule has 0 aliphatic heterocycles. The second kappa shape index (κ2) is 13.3. The number of sulfonamides is 1. The molecule has 1 N–H and O–H groups in total. The lowest BCUT2D eigenvalue weighted by atomic mass is 10.1. The maximum atomic E-state index is 14.6. The van der Waals surface area contributed by atoms with Crippen LogP contribution in [0.25, 0.3) is 0 Å². The number of hydrogen-bond donors (Lipinski definition) is 1. The van der Waals surface area contributed by atoms with Gasteiger partial charge in [0.1, 0.15) is 18.4 Å². The molecule has 3 aromatic carbocycles. The van der Waals surface area contributed by atoms with E-state index in [4.69, 9.17) is 23.2 Å². The molecule has 3 aromatic rings. The maximum Gasteiger partial charge on any atom is 0.264 e. The van der Waals surface area contributed by atoms with Gasteiger partial charge in [-0.1, -0.05) is 66.0 Å². The number of benzene rings is 3. The lowest BCUT2D eigenvalue weighted by Crippen LogP contribution is -2.51. The molecular weight excluding hydrogens is 564 g/mol. The van der Waals surface area contributed by atoms with Crippen molar-refractivity contribution in [2.24, 2.45) is 0 Å². The third kappa shape index (κ3) is 7.71. The average Bonchev–Trinajstić information content (AvgIpc) is 2.89. The zero-order valence-corrected chi connectivity index (χ0v) is 24.2. The molecule has 1 atom stereocenters. The second-order valence-corrected chi connectivity index (χ2v) is 11.8. The Balaban J connectivity index is 2.06. The summed E-state index contributed by atoms with van der Waals surface area (Å²) in [5.74, 6) is -1.72. The fourth-order valence-electron chi connectivity index (χ4n) is 3.84. The molecule has 0 saturated heterocycles. The van der Waals surface area contributed by atoms with Gasteiger partial charge in [0.15, 0.2) is 0 Å². The van der Waals surface area contributed by atoms with Crippen molar-refractivity contribution >= 4 is 50.7 Å². The third-order valence-corrected chi connectivity index (χ3v) is 8.26. The number of halogens is 3. The minimum absolute atomic E-state index is 0.0496. The number of nitrogens with zero attached hydrogens (tertiary/aromatic N) is 2. The normalized spacial score (nSPS) is 12.1. The molecule has 0 aliphatic rings. The van der Waals surface area contributed by atoms with Crippen LogP contribution < -0.4 is 9.62 Å². The van der Waals surface area contributed by atoms with Crippen LogP contribution in [-0.2, 0) is 26.2 Å². The molecule has 0 saturated carbocycles. The van der Waals surface area contributed by atoms with Gasteiger partial charge in [0, 0.05) is 28.7 Å². The molecule has 1 unspecified atom stereocenters. The monoisotopic (exact) mass is 593 g/mol. The highest BCUT2D eigenvalue weighted by atomic mass is 35.5. The molecule has 39 heavy (non-hydrogen) atoms. The first-order valence-corrected chi connectivity index (χ1v) is 14.5. The predicted molar refractivity (Wildman–Crippen MR) is 152 cm³/mol. The number of rotatable bonds is 11. The van der Waals surface area contributed by atoms with Crippen LogP contribution in [0.15, 0.2) is 71.6 Å². The number of carbonyl (C=O) groups excluding carboxylic acids is 2. The molecule has 0 aromatic heterocycles. The van der Waals surface area contributed by atoms with Crippen molar-refractivity contribution < 1.29 is 22.4 Å². The van der Waals surface area contributed by atoms with E-state index in [0.717, 1.165) is 14.8 Å². The fraction of sp³-hybridized carbons (Fsp3) is 0.286. The SMILES string of the molecule is CCCNC(=O)C(C)N(Cc1ccccc1F)C(=O)CN(c1cc(Cl)cc(Cl)c1)S(=O)(=O)c1ccc(C)cc1. The van der Waals surface area contributed by atoms with Crippen molar-refractivity contribution in [1.29, 1.82) is 0 Å². The van der Waals surface area contributed by atoms with Crippen LogP contribution in [0.4, 0.5) is 10.1 Å². The molecule has 0 spiro atoms. The van der Waals surface area contributed by atoms with E-state index >= 15 is 0 Å². The van der Waals surface area contributed by atoms with Gasteiger partial charge in [0.05, 0.1) is 10.6 Å². The van der Waals surface area contributed by atoms with Crippen LogP contribution in [0.1, 0.15) is 31.4 Å². The molecule has 0 aliphatic carbocycles. The average molecular weight is 595 g/mol. The summed E-state index contributed by atoms with van der Waals surface area (Å²) >= 11 is 12.4. The summed E-state index contributed by atoms with van der Waals surface area (Å²) in [5, 5.41) is 3.08. The van der Waals surface area contributed by atoms with Crippen LogP contribution in [-0.4, -0.2) is 44.3 Å². The van der Waals surface area contributed by atoms with E-state index in [1.54, 1.807) is 18.2 Å². The van der Waals surface area contributed by atoms with Crippen LogP contribution >= 0.6 is 23.2 Å². The zero-order valence-electron chi connectivity index (χ0n) is 21.8. The Bertz CT molecular complexity index is 1410. The van der Waals surface area contributed by atoms with E-state index in [2.05, 4.69) is 5.32 Å². The molecule has 0 radical (unpaired) electrons. The number of aryl methyl sites for hydroxylation is 1. The predicted octanol–water partition coefficient (Wildman–Crippen LogP) is 5.58. The quantitative estimate of drug-likeness (QED) is 0.314. The zero-order chi connectivity index (χ0) is 28.7. The minimum atomic E-state index is -4.28. The Hall–Kier alpha value is -3.14. The van der Waals surface area contributed by atoms with Gasteiger partial charge >= 0.3 is 0 Å². The lowest BCUT2D eigenvalue weighted by Gasteiger charge is -2.32. The maximum absolute atomic E-state index is 14.6. The van der Waals surface area contributed by atoms with Crippen molar-refractivity contribution in [1.82, 2.24) is 10.2 Å². The number of amides is 2. The Morgan fingerprint density at radius 2 is 1.62 bits per heavy atom. The van der Waals surface area contributed by atoms with Crippen molar-refractivity contribution in [3.8, 4) is 0 Å². The molecular formula is C28H30Cl2FN3O4S. The molecule has 11 heteroatoms. The fourth-order valence-corrected chi connectivity index (χ4v) is 5.75. The van der Waals surface area contributed by atoms with Crippen LogP contribution in [0, 0.1) is 12.7 Å². The molecule has 0 bridgehead atoms. The van der Waals surface area contributed by atoms with Crippen molar-refractivity contribution in [2.75, 3.05) is 17.4 Å². The number of anilines is 1. The summed E-state index contributed by atoms with van der Waals surface area (Å²) in [6.45, 7) is 4.67. The van der Waals surface area contributed by atoms with Gasteiger partial charge in [0.25, 0.3) is 10.0 Å². The number of carbonyl (C=O) groups is 2. The molecule has 208 valence electrons. The smallest absolute Gasteiger partial charge is 0.264 e. The highest BCUT2D eigenvalue weighted by Gasteiger charge is 2.33. The Labute approximate surface area is 238 Å². The first-order valence-electron chi connectivity index (χ1n) is 12.3. The lowest BCUT2D eigenvalue weighted by molar-refractivity contribution is -0.139. The second-order valence-electron chi connectivity index (χ2n) is 9.03. The van der Waals surface area contributed by atoms with Crippen molar-refractivity contribution in [3.05, 3.63) is 93.7 Å². The van der Waals surface area contributed by atoms with E-state index in [9.17, 15) is 22.4 Å². The van der Waals surface area contributed by atoms with Gasteiger partial charge in [0.2, 0.25) is 11.8 Å². The van der Waals surface area contributed by atoms with Gasteiger partial charge in [-0.25, -0.2) is 12.8 Å². The summed E-state index contributed by atoms with van der Waals surface area (Å²) in [5.41, 5.74) is 1.10. The minimum Gasteiger partial charge on any atom is -0.354 e. The van der Waals surface area contributed by atoms with Crippen LogP contribution in [0.2, 0.25) is 10.0 Å². The molecule has 3 rings (SSSR count). The molecule has 7 nitrogen and oxygen atoms in total. The summed E-state index contributed by atoms with van der Waals surface area (Å²) < 4.78 is 43.1. The van der Waals surface area contributed by atoms with Gasteiger partial charge in [-0.15, -0.1) is 0 Å².